The van der Waals surface area contributed by atoms with Gasteiger partial charge in [-0.3, -0.25) is 9.59 Å². The van der Waals surface area contributed by atoms with Gasteiger partial charge in [0.15, 0.2) is 0 Å². The minimum atomic E-state index is -0.255. The minimum Gasteiger partial charge on any atom is -0.497 e. The molecule has 2 atom stereocenters. The van der Waals surface area contributed by atoms with E-state index in [-0.39, 0.29) is 30.5 Å². The van der Waals surface area contributed by atoms with E-state index in [2.05, 4.69) is 11.4 Å². The van der Waals surface area contributed by atoms with Gasteiger partial charge in [0.25, 0.3) is 5.91 Å². The van der Waals surface area contributed by atoms with Gasteiger partial charge in [-0.25, -0.2) is 0 Å². The highest BCUT2D eigenvalue weighted by Gasteiger charge is 2.34. The molecule has 0 saturated carbocycles. The Balaban J connectivity index is 1.35. The monoisotopic (exact) mass is 554 g/mol. The Bertz CT molecular complexity index is 1280. The number of thiophene rings is 1. The van der Waals surface area contributed by atoms with Crippen molar-refractivity contribution in [2.45, 2.75) is 31.4 Å². The van der Waals surface area contributed by atoms with Crippen molar-refractivity contribution in [3.05, 3.63) is 81.0 Å². The van der Waals surface area contributed by atoms with Crippen LogP contribution in [0.25, 0.3) is 0 Å². The van der Waals surface area contributed by atoms with E-state index in [1.54, 1.807) is 47.6 Å². The molecule has 0 radical (unpaired) electrons. The fourth-order valence-corrected chi connectivity index (χ4v) is 6.17. The van der Waals surface area contributed by atoms with Gasteiger partial charge in [-0.2, -0.15) is 0 Å². The summed E-state index contributed by atoms with van der Waals surface area (Å²) in [4.78, 5) is 32.1. The summed E-state index contributed by atoms with van der Waals surface area (Å²) in [6.45, 7) is 1.86. The molecule has 1 saturated heterocycles. The number of halogens is 1. The molecule has 200 valence electrons. The number of benzene rings is 2. The maximum Gasteiger partial charge on any atom is 0.254 e. The second-order valence-electron chi connectivity index (χ2n) is 9.47. The van der Waals surface area contributed by atoms with Crippen LogP contribution in [0.1, 0.15) is 39.7 Å². The van der Waals surface area contributed by atoms with Crippen molar-refractivity contribution in [2.24, 2.45) is 0 Å². The predicted molar refractivity (Wildman–Crippen MR) is 147 cm³/mol. The Morgan fingerprint density at radius 1 is 1.16 bits per heavy atom. The lowest BCUT2D eigenvalue weighted by Crippen LogP contribution is -2.49. The molecule has 2 aromatic carbocycles. The zero-order valence-corrected chi connectivity index (χ0v) is 22.9. The van der Waals surface area contributed by atoms with E-state index in [1.165, 1.54) is 4.88 Å². The highest BCUT2D eigenvalue weighted by atomic mass is 35.5. The summed E-state index contributed by atoms with van der Waals surface area (Å²) in [6, 6.07) is 16.1. The van der Waals surface area contributed by atoms with Crippen LogP contribution in [0, 0.1) is 0 Å². The number of hydrogen-bond acceptors (Lipinski definition) is 6. The number of nitrogens with zero attached hydrogens (tertiary/aromatic N) is 2. The average molecular weight is 555 g/mol. The quantitative estimate of drug-likeness (QED) is 0.362. The molecule has 1 fully saturated rings. The van der Waals surface area contributed by atoms with Crippen LogP contribution in [-0.4, -0.2) is 67.7 Å². The van der Waals surface area contributed by atoms with E-state index in [4.69, 9.17) is 25.8 Å². The third kappa shape index (κ3) is 6.14. The fourth-order valence-electron chi connectivity index (χ4n) is 5.05. The van der Waals surface area contributed by atoms with E-state index in [1.807, 2.05) is 29.2 Å². The number of ether oxygens (including phenoxy) is 3. The molecule has 0 aliphatic carbocycles. The molecule has 2 aliphatic rings. The lowest BCUT2D eigenvalue weighted by atomic mass is 10.00. The lowest BCUT2D eigenvalue weighted by molar-refractivity contribution is -0.135. The third-order valence-corrected chi connectivity index (χ3v) is 8.23. The van der Waals surface area contributed by atoms with E-state index in [0.29, 0.717) is 48.4 Å². The maximum atomic E-state index is 13.8. The molecule has 5 rings (SSSR count). The highest BCUT2D eigenvalue weighted by molar-refractivity contribution is 7.10. The van der Waals surface area contributed by atoms with Gasteiger partial charge in [0.05, 0.1) is 19.3 Å². The molecule has 3 heterocycles. The van der Waals surface area contributed by atoms with Gasteiger partial charge >= 0.3 is 0 Å². The summed E-state index contributed by atoms with van der Waals surface area (Å²) in [5.41, 5.74) is 1.56. The molecule has 38 heavy (non-hydrogen) atoms. The first-order chi connectivity index (χ1) is 18.5. The van der Waals surface area contributed by atoms with Crippen LogP contribution in [0.15, 0.2) is 60.0 Å². The van der Waals surface area contributed by atoms with Crippen LogP contribution < -0.4 is 9.47 Å². The van der Waals surface area contributed by atoms with E-state index < -0.39 is 0 Å². The van der Waals surface area contributed by atoms with Crippen molar-refractivity contribution in [1.82, 2.24) is 9.80 Å². The zero-order valence-electron chi connectivity index (χ0n) is 21.3. The van der Waals surface area contributed by atoms with Crippen LogP contribution >= 0.6 is 22.9 Å². The molecule has 3 aromatic rings. The number of methoxy groups -OCH3 is 1. The smallest absolute Gasteiger partial charge is 0.254 e. The Labute approximate surface area is 231 Å². The summed E-state index contributed by atoms with van der Waals surface area (Å²) in [5, 5.41) is 2.54. The summed E-state index contributed by atoms with van der Waals surface area (Å²) < 4.78 is 17.3. The first-order valence-corrected chi connectivity index (χ1v) is 14.1. The molecule has 7 nitrogen and oxygen atoms in total. The SMILES string of the molecule is COc1cccc(OCC2c3ccsc3CCN2C(=O)CN(CC2CCCO2)C(=O)c2cccc(Cl)c2)c1. The summed E-state index contributed by atoms with van der Waals surface area (Å²) in [7, 11) is 1.62. The summed E-state index contributed by atoms with van der Waals surface area (Å²) in [6.07, 6.45) is 2.52. The number of rotatable bonds is 9. The number of carbonyl (C=O) groups is 2. The van der Waals surface area contributed by atoms with E-state index in [9.17, 15) is 9.59 Å². The van der Waals surface area contributed by atoms with Crippen LogP contribution in [-0.2, 0) is 16.0 Å². The third-order valence-electron chi connectivity index (χ3n) is 7.00. The first-order valence-electron chi connectivity index (χ1n) is 12.8. The van der Waals surface area contributed by atoms with Gasteiger partial charge in [0, 0.05) is 41.2 Å². The topological polar surface area (TPSA) is 68.3 Å². The van der Waals surface area contributed by atoms with Gasteiger partial charge in [0.1, 0.15) is 24.7 Å². The maximum absolute atomic E-state index is 13.8. The second-order valence-corrected chi connectivity index (χ2v) is 10.9. The molecule has 2 aliphatic heterocycles. The molecule has 0 spiro atoms. The van der Waals surface area contributed by atoms with Crippen LogP contribution in [0.2, 0.25) is 5.02 Å². The van der Waals surface area contributed by atoms with Crippen molar-refractivity contribution in [2.75, 3.05) is 40.0 Å². The molecule has 2 unspecified atom stereocenters. The molecular weight excluding hydrogens is 524 g/mol. The average Bonchev–Trinajstić information content (AvgIpc) is 3.63. The van der Waals surface area contributed by atoms with E-state index >= 15 is 0 Å². The van der Waals surface area contributed by atoms with Gasteiger partial charge in [-0.1, -0.05) is 23.7 Å². The second kappa shape index (κ2) is 12.2. The molecule has 2 amide bonds. The Hall–Kier alpha value is -3.07. The van der Waals surface area contributed by atoms with Crippen molar-refractivity contribution >= 4 is 34.8 Å². The molecule has 0 N–H and O–H groups in total. The highest BCUT2D eigenvalue weighted by Crippen LogP contribution is 2.34. The standard InChI is InChI=1S/C29H31ClN2O5S/c1-35-22-7-3-8-23(16-22)37-19-26-25-11-14-38-27(25)10-12-32(26)28(33)18-31(17-24-9-4-13-36-24)29(34)20-5-2-6-21(30)15-20/h2-3,5-8,11,14-16,24,26H,4,9-10,12-13,17-19H2,1H3. The Kier molecular flexibility index (Phi) is 8.51. The lowest BCUT2D eigenvalue weighted by Gasteiger charge is -2.37. The largest absolute Gasteiger partial charge is 0.497 e. The van der Waals surface area contributed by atoms with Gasteiger partial charge in [0.2, 0.25) is 5.91 Å². The Morgan fingerprint density at radius 2 is 2.00 bits per heavy atom. The van der Waals surface area contributed by atoms with E-state index in [0.717, 1.165) is 24.8 Å². The molecule has 1 aromatic heterocycles. The normalized spacial score (nSPS) is 18.6. The molecule has 0 bridgehead atoms. The predicted octanol–water partition coefficient (Wildman–Crippen LogP) is 5.24. The number of carbonyl (C=O) groups excluding carboxylic acids is 2. The minimum absolute atomic E-state index is 0.0413. The first kappa shape index (κ1) is 26.5. The number of hydrogen-bond donors (Lipinski definition) is 0. The van der Waals surface area contributed by atoms with Crippen molar-refractivity contribution in [3.8, 4) is 11.5 Å². The number of amides is 2. The Morgan fingerprint density at radius 3 is 2.79 bits per heavy atom. The summed E-state index contributed by atoms with van der Waals surface area (Å²) in [5.74, 6) is 1.04. The van der Waals surface area contributed by atoms with Crippen molar-refractivity contribution < 1.29 is 23.8 Å². The molecular formula is C29H31ClN2O5S. The zero-order chi connectivity index (χ0) is 26.5. The van der Waals surface area contributed by atoms with Crippen LogP contribution in [0.5, 0.6) is 11.5 Å². The summed E-state index contributed by atoms with van der Waals surface area (Å²) >= 11 is 7.86. The van der Waals surface area contributed by atoms with Gasteiger partial charge < -0.3 is 24.0 Å². The number of fused-ring (bicyclic) bond motifs is 1. The fraction of sp³-hybridized carbons (Fsp3) is 0.379. The molecule has 9 heteroatoms. The van der Waals surface area contributed by atoms with Crippen molar-refractivity contribution in [3.63, 3.8) is 0 Å². The van der Waals surface area contributed by atoms with Crippen LogP contribution in [0.3, 0.4) is 0 Å². The van der Waals surface area contributed by atoms with Crippen LogP contribution in [0.4, 0.5) is 0 Å². The van der Waals surface area contributed by atoms with Crippen molar-refractivity contribution in [1.29, 1.82) is 0 Å². The van der Waals surface area contributed by atoms with Gasteiger partial charge in [-0.15, -0.1) is 11.3 Å². The van der Waals surface area contributed by atoms with Gasteiger partial charge in [-0.05, 0) is 66.6 Å².